The molecule has 2 rings (SSSR count). The van der Waals surface area contributed by atoms with Crippen LogP contribution in [0.25, 0.3) is 0 Å². The molecule has 0 spiro atoms. The second-order valence-electron chi connectivity index (χ2n) is 6.44. The van der Waals surface area contributed by atoms with Crippen LogP contribution in [-0.4, -0.2) is 33.7 Å². The fourth-order valence-electron chi connectivity index (χ4n) is 2.99. The molecule has 8 heteroatoms. The van der Waals surface area contributed by atoms with Gasteiger partial charge >= 0.3 is 0 Å². The summed E-state index contributed by atoms with van der Waals surface area (Å²) in [4.78, 5) is 13.0. The maximum Gasteiger partial charge on any atom is 0.244 e. The van der Waals surface area contributed by atoms with Gasteiger partial charge in [0.25, 0.3) is 0 Å². The maximum atomic E-state index is 13.0. The van der Waals surface area contributed by atoms with E-state index in [1.165, 1.54) is 13.2 Å². The molecular formula is C20H25ClN2O4S. The van der Waals surface area contributed by atoms with Crippen LogP contribution < -0.4 is 14.4 Å². The van der Waals surface area contributed by atoms with Gasteiger partial charge in [0.15, 0.2) is 0 Å². The molecule has 0 saturated heterocycles. The second kappa shape index (κ2) is 9.30. The van der Waals surface area contributed by atoms with Gasteiger partial charge in [-0.05, 0) is 37.1 Å². The fraction of sp³-hybridized carbons (Fsp3) is 0.350. The topological polar surface area (TPSA) is 75.7 Å². The van der Waals surface area contributed by atoms with Crippen molar-refractivity contribution in [3.05, 3.63) is 59.1 Å². The first-order chi connectivity index (χ1) is 13.2. The Morgan fingerprint density at radius 1 is 1.21 bits per heavy atom. The zero-order valence-corrected chi connectivity index (χ0v) is 17.9. The third-order valence-corrected chi connectivity index (χ3v) is 5.85. The lowest BCUT2D eigenvalue weighted by molar-refractivity contribution is -0.122. The number of carbonyl (C=O) groups excluding carboxylic acids is 1. The summed E-state index contributed by atoms with van der Waals surface area (Å²) < 4.78 is 31.3. The molecule has 0 saturated carbocycles. The van der Waals surface area contributed by atoms with E-state index in [-0.39, 0.29) is 17.0 Å². The van der Waals surface area contributed by atoms with Crippen molar-refractivity contribution in [2.45, 2.75) is 32.4 Å². The molecule has 152 valence electrons. The minimum absolute atomic E-state index is 0.261. The molecule has 0 aliphatic heterocycles. The Balaban J connectivity index is 2.35. The van der Waals surface area contributed by atoms with Crippen molar-refractivity contribution in [3.8, 4) is 5.75 Å². The number of benzene rings is 2. The summed E-state index contributed by atoms with van der Waals surface area (Å²) in [5, 5.41) is 3.17. The van der Waals surface area contributed by atoms with Crippen LogP contribution in [-0.2, 0) is 14.8 Å². The van der Waals surface area contributed by atoms with Crippen LogP contribution in [0.3, 0.4) is 0 Å². The summed E-state index contributed by atoms with van der Waals surface area (Å²) in [5.41, 5.74) is 1.24. The predicted octanol–water partition coefficient (Wildman–Crippen LogP) is 3.77. The van der Waals surface area contributed by atoms with E-state index in [2.05, 4.69) is 5.32 Å². The van der Waals surface area contributed by atoms with Crippen molar-refractivity contribution in [2.24, 2.45) is 0 Å². The predicted molar refractivity (Wildman–Crippen MR) is 112 cm³/mol. The van der Waals surface area contributed by atoms with Gasteiger partial charge in [0.2, 0.25) is 15.9 Å². The minimum Gasteiger partial charge on any atom is -0.495 e. The van der Waals surface area contributed by atoms with E-state index in [0.717, 1.165) is 16.1 Å². The van der Waals surface area contributed by atoms with Gasteiger partial charge in [0.05, 0.1) is 30.1 Å². The van der Waals surface area contributed by atoms with Gasteiger partial charge < -0.3 is 10.1 Å². The van der Waals surface area contributed by atoms with E-state index in [4.69, 9.17) is 16.3 Å². The number of hydrogen-bond donors (Lipinski definition) is 1. The lowest BCUT2D eigenvalue weighted by Gasteiger charge is -2.31. The monoisotopic (exact) mass is 424 g/mol. The van der Waals surface area contributed by atoms with E-state index in [1.807, 2.05) is 37.3 Å². The van der Waals surface area contributed by atoms with Crippen molar-refractivity contribution >= 4 is 33.2 Å². The molecule has 0 radical (unpaired) electrons. The quantitative estimate of drug-likeness (QED) is 0.699. The lowest BCUT2D eigenvalue weighted by Crippen LogP contribution is -2.49. The summed E-state index contributed by atoms with van der Waals surface area (Å²) in [6.07, 6.45) is 1.37. The molecule has 0 aliphatic carbocycles. The number of ether oxygens (including phenoxy) is 1. The Morgan fingerprint density at radius 2 is 1.86 bits per heavy atom. The van der Waals surface area contributed by atoms with Crippen LogP contribution in [0.2, 0.25) is 5.02 Å². The van der Waals surface area contributed by atoms with Crippen LogP contribution in [0.5, 0.6) is 5.75 Å². The smallest absolute Gasteiger partial charge is 0.244 e. The van der Waals surface area contributed by atoms with Gasteiger partial charge in [-0.1, -0.05) is 48.9 Å². The van der Waals surface area contributed by atoms with E-state index >= 15 is 0 Å². The first-order valence-corrected chi connectivity index (χ1v) is 11.1. The van der Waals surface area contributed by atoms with Crippen molar-refractivity contribution in [3.63, 3.8) is 0 Å². The number of nitrogens with zero attached hydrogens (tertiary/aromatic N) is 1. The van der Waals surface area contributed by atoms with Gasteiger partial charge in [-0.2, -0.15) is 0 Å². The normalized spacial score (nSPS) is 13.5. The molecule has 2 atom stereocenters. The van der Waals surface area contributed by atoms with Gasteiger partial charge in [-0.3, -0.25) is 9.10 Å². The molecule has 0 fully saturated rings. The average Bonchev–Trinajstić information content (AvgIpc) is 2.65. The molecule has 1 N–H and O–H groups in total. The number of carbonyl (C=O) groups is 1. The van der Waals surface area contributed by atoms with Gasteiger partial charge in [-0.15, -0.1) is 0 Å². The number of rotatable bonds is 8. The first-order valence-electron chi connectivity index (χ1n) is 8.87. The molecule has 1 amide bonds. The minimum atomic E-state index is -3.74. The largest absolute Gasteiger partial charge is 0.495 e. The highest BCUT2D eigenvalue weighted by Gasteiger charge is 2.32. The number of anilines is 1. The molecule has 2 unspecified atom stereocenters. The molecule has 0 aliphatic rings. The Morgan fingerprint density at radius 3 is 2.36 bits per heavy atom. The highest BCUT2D eigenvalue weighted by molar-refractivity contribution is 7.92. The van der Waals surface area contributed by atoms with Gasteiger partial charge in [0, 0.05) is 0 Å². The summed E-state index contributed by atoms with van der Waals surface area (Å²) in [6, 6.07) is 12.9. The Labute approximate surface area is 171 Å². The molecule has 0 bridgehead atoms. The highest BCUT2D eigenvalue weighted by Crippen LogP contribution is 2.32. The van der Waals surface area contributed by atoms with Crippen LogP contribution in [0.4, 0.5) is 5.69 Å². The highest BCUT2D eigenvalue weighted by atomic mass is 35.5. The van der Waals surface area contributed by atoms with Crippen molar-refractivity contribution < 1.29 is 17.9 Å². The van der Waals surface area contributed by atoms with E-state index in [9.17, 15) is 13.2 Å². The molecule has 6 nitrogen and oxygen atoms in total. The zero-order valence-electron chi connectivity index (χ0n) is 16.3. The maximum absolute atomic E-state index is 13.0. The Hall–Kier alpha value is -2.25. The summed E-state index contributed by atoms with van der Waals surface area (Å²) >= 11 is 6.17. The number of sulfonamides is 1. The van der Waals surface area contributed by atoms with Crippen LogP contribution in [0.1, 0.15) is 31.9 Å². The van der Waals surface area contributed by atoms with Crippen molar-refractivity contribution in [1.29, 1.82) is 0 Å². The molecule has 0 aromatic heterocycles. The number of hydrogen-bond acceptors (Lipinski definition) is 4. The first kappa shape index (κ1) is 22.0. The van der Waals surface area contributed by atoms with E-state index in [0.29, 0.717) is 17.9 Å². The average molecular weight is 425 g/mol. The van der Waals surface area contributed by atoms with Crippen LogP contribution >= 0.6 is 11.6 Å². The summed E-state index contributed by atoms with van der Waals surface area (Å²) in [7, 11) is -2.26. The van der Waals surface area contributed by atoms with Crippen molar-refractivity contribution in [2.75, 3.05) is 17.7 Å². The van der Waals surface area contributed by atoms with Crippen LogP contribution in [0.15, 0.2) is 48.5 Å². The number of methoxy groups -OCH3 is 1. The van der Waals surface area contributed by atoms with Gasteiger partial charge in [-0.25, -0.2) is 8.42 Å². The van der Waals surface area contributed by atoms with E-state index < -0.39 is 16.1 Å². The lowest BCUT2D eigenvalue weighted by atomic mass is 10.1. The summed E-state index contributed by atoms with van der Waals surface area (Å²) in [6.45, 7) is 3.62. The third-order valence-electron chi connectivity index (χ3n) is 4.38. The zero-order chi connectivity index (χ0) is 20.9. The number of amides is 1. The van der Waals surface area contributed by atoms with Gasteiger partial charge in [0.1, 0.15) is 11.8 Å². The molecule has 28 heavy (non-hydrogen) atoms. The Kier molecular flexibility index (Phi) is 7.32. The second-order valence-corrected chi connectivity index (χ2v) is 8.71. The van der Waals surface area contributed by atoms with Crippen molar-refractivity contribution in [1.82, 2.24) is 5.32 Å². The SMILES string of the molecule is CCC(C(=O)NC(C)c1ccccc1)N(c1ccc(OC)c(Cl)c1)S(C)(=O)=O. The van der Waals surface area contributed by atoms with E-state index in [1.54, 1.807) is 19.1 Å². The standard InChI is InChI=1S/C20H25ClN2O4S/c1-5-18(20(24)22-14(2)15-9-7-6-8-10-15)23(28(4,25)26)16-11-12-19(27-3)17(21)13-16/h6-14,18H,5H2,1-4H3,(H,22,24). The third kappa shape index (κ3) is 5.17. The molecular weight excluding hydrogens is 400 g/mol. The summed E-state index contributed by atoms with van der Waals surface area (Å²) in [5.74, 6) is 0.0466. The Bertz CT molecular complexity index is 919. The number of halogens is 1. The fourth-order valence-corrected chi connectivity index (χ4v) is 4.44. The van der Waals surface area contributed by atoms with Crippen LogP contribution in [0, 0.1) is 0 Å². The molecule has 2 aromatic rings. The molecule has 2 aromatic carbocycles. The molecule has 0 heterocycles. The number of nitrogens with one attached hydrogen (secondary N) is 1.